The number of anilines is 1. The fraction of sp³-hybridized carbons (Fsp3) is 0.333. The number of hydrogen-bond acceptors (Lipinski definition) is 5. The van der Waals surface area contributed by atoms with Crippen molar-refractivity contribution in [2.45, 2.75) is 20.0 Å². The summed E-state index contributed by atoms with van der Waals surface area (Å²) in [5.41, 5.74) is 1.03. The molecule has 0 aliphatic carbocycles. The van der Waals surface area contributed by atoms with Crippen molar-refractivity contribution in [1.29, 1.82) is 0 Å². The van der Waals surface area contributed by atoms with Crippen molar-refractivity contribution in [2.75, 3.05) is 19.5 Å². The van der Waals surface area contributed by atoms with Gasteiger partial charge in [0.05, 0.1) is 7.11 Å². The Hall–Kier alpha value is -2.30. The van der Waals surface area contributed by atoms with Crippen molar-refractivity contribution in [1.82, 2.24) is 9.97 Å². The van der Waals surface area contributed by atoms with Crippen molar-refractivity contribution >= 4 is 5.82 Å². The number of aryl methyl sites for hydroxylation is 1. The molecule has 0 bridgehead atoms. The van der Waals surface area contributed by atoms with E-state index in [-0.39, 0.29) is 0 Å². The topological polar surface area (TPSA) is 56.3 Å². The average Bonchev–Trinajstić information content (AvgIpc) is 2.52. The quantitative estimate of drug-likeness (QED) is 0.877. The number of aromatic nitrogens is 2. The standard InChI is InChI=1S/C15H19N3O2/c1-4-13-17-14(16-2)9-15(18-13)20-10-11-6-5-7-12(8-11)19-3/h5-9H,4,10H2,1-3H3,(H,16,17,18). The molecule has 5 heteroatoms. The molecule has 2 aromatic rings. The average molecular weight is 273 g/mol. The monoisotopic (exact) mass is 273 g/mol. The van der Waals surface area contributed by atoms with Crippen LogP contribution in [0.1, 0.15) is 18.3 Å². The van der Waals surface area contributed by atoms with E-state index in [2.05, 4.69) is 15.3 Å². The Bertz CT molecular complexity index is 551. The van der Waals surface area contributed by atoms with E-state index in [1.807, 2.05) is 38.2 Å². The third-order valence-corrected chi connectivity index (χ3v) is 2.84. The zero-order valence-electron chi connectivity index (χ0n) is 12.0. The van der Waals surface area contributed by atoms with E-state index in [1.54, 1.807) is 13.2 Å². The molecular formula is C15H19N3O2. The van der Waals surface area contributed by atoms with Gasteiger partial charge in [0.15, 0.2) is 0 Å². The van der Waals surface area contributed by atoms with Gasteiger partial charge in [-0.1, -0.05) is 19.1 Å². The molecular weight excluding hydrogens is 254 g/mol. The fourth-order valence-electron chi connectivity index (χ4n) is 1.75. The molecule has 0 amide bonds. The summed E-state index contributed by atoms with van der Waals surface area (Å²) in [5.74, 6) is 2.91. The second-order valence-electron chi connectivity index (χ2n) is 4.25. The summed E-state index contributed by atoms with van der Waals surface area (Å²) in [6.07, 6.45) is 0.769. The third-order valence-electron chi connectivity index (χ3n) is 2.84. The van der Waals surface area contributed by atoms with E-state index in [9.17, 15) is 0 Å². The van der Waals surface area contributed by atoms with Gasteiger partial charge in [0.1, 0.15) is 24.0 Å². The summed E-state index contributed by atoms with van der Waals surface area (Å²) in [4.78, 5) is 8.68. The van der Waals surface area contributed by atoms with Gasteiger partial charge in [0, 0.05) is 19.5 Å². The largest absolute Gasteiger partial charge is 0.497 e. The van der Waals surface area contributed by atoms with Crippen LogP contribution in [0.5, 0.6) is 11.6 Å². The number of rotatable bonds is 6. The Balaban J connectivity index is 2.09. The predicted molar refractivity (Wildman–Crippen MR) is 78.3 cm³/mol. The number of methoxy groups -OCH3 is 1. The van der Waals surface area contributed by atoms with Gasteiger partial charge in [-0.2, -0.15) is 4.98 Å². The summed E-state index contributed by atoms with van der Waals surface area (Å²) in [6, 6.07) is 9.57. The first-order valence-electron chi connectivity index (χ1n) is 6.56. The van der Waals surface area contributed by atoms with E-state index in [0.717, 1.165) is 29.4 Å². The van der Waals surface area contributed by atoms with Crippen molar-refractivity contribution < 1.29 is 9.47 Å². The van der Waals surface area contributed by atoms with Crippen LogP contribution < -0.4 is 14.8 Å². The number of nitrogens with zero attached hydrogens (tertiary/aromatic N) is 2. The smallest absolute Gasteiger partial charge is 0.219 e. The summed E-state index contributed by atoms with van der Waals surface area (Å²) in [7, 11) is 3.48. The van der Waals surface area contributed by atoms with Gasteiger partial charge in [0.2, 0.25) is 5.88 Å². The lowest BCUT2D eigenvalue weighted by molar-refractivity contribution is 0.291. The predicted octanol–water partition coefficient (Wildman–Crippen LogP) is 2.67. The summed E-state index contributed by atoms with van der Waals surface area (Å²) >= 11 is 0. The second kappa shape index (κ2) is 6.75. The van der Waals surface area contributed by atoms with Crippen molar-refractivity contribution in [3.05, 3.63) is 41.7 Å². The van der Waals surface area contributed by atoms with E-state index in [1.165, 1.54) is 0 Å². The zero-order chi connectivity index (χ0) is 14.4. The number of benzene rings is 1. The molecule has 2 rings (SSSR count). The number of hydrogen-bond donors (Lipinski definition) is 1. The maximum Gasteiger partial charge on any atom is 0.219 e. The molecule has 106 valence electrons. The molecule has 5 nitrogen and oxygen atoms in total. The lowest BCUT2D eigenvalue weighted by Gasteiger charge is -2.09. The molecule has 0 saturated heterocycles. The minimum Gasteiger partial charge on any atom is -0.497 e. The number of ether oxygens (including phenoxy) is 2. The Morgan fingerprint density at radius 2 is 2.05 bits per heavy atom. The van der Waals surface area contributed by atoms with E-state index < -0.39 is 0 Å². The molecule has 0 unspecified atom stereocenters. The summed E-state index contributed by atoms with van der Waals surface area (Å²) in [6.45, 7) is 2.46. The minimum atomic E-state index is 0.445. The van der Waals surface area contributed by atoms with Crippen LogP contribution in [0.25, 0.3) is 0 Å². The third kappa shape index (κ3) is 3.60. The molecule has 1 heterocycles. The molecule has 1 N–H and O–H groups in total. The lowest BCUT2D eigenvalue weighted by Crippen LogP contribution is -2.03. The Morgan fingerprint density at radius 3 is 2.75 bits per heavy atom. The second-order valence-corrected chi connectivity index (χ2v) is 4.25. The molecule has 0 aliphatic heterocycles. The molecule has 0 radical (unpaired) electrons. The van der Waals surface area contributed by atoms with E-state index in [0.29, 0.717) is 12.5 Å². The van der Waals surface area contributed by atoms with Crippen LogP contribution in [0, 0.1) is 0 Å². The molecule has 20 heavy (non-hydrogen) atoms. The summed E-state index contributed by atoms with van der Waals surface area (Å²) < 4.78 is 10.9. The van der Waals surface area contributed by atoms with Gasteiger partial charge in [-0.15, -0.1) is 0 Å². The van der Waals surface area contributed by atoms with Crippen molar-refractivity contribution in [3.8, 4) is 11.6 Å². The normalized spacial score (nSPS) is 10.2. The maximum absolute atomic E-state index is 5.73. The Labute approximate surface area is 119 Å². The number of nitrogens with one attached hydrogen (secondary N) is 1. The zero-order valence-corrected chi connectivity index (χ0v) is 12.0. The van der Waals surface area contributed by atoms with Crippen LogP contribution in [-0.4, -0.2) is 24.1 Å². The van der Waals surface area contributed by atoms with Gasteiger partial charge in [-0.3, -0.25) is 0 Å². The Kier molecular flexibility index (Phi) is 4.76. The molecule has 0 atom stereocenters. The highest BCUT2D eigenvalue weighted by molar-refractivity contribution is 5.37. The van der Waals surface area contributed by atoms with Gasteiger partial charge < -0.3 is 14.8 Å². The van der Waals surface area contributed by atoms with Crippen LogP contribution in [0.15, 0.2) is 30.3 Å². The highest BCUT2D eigenvalue weighted by Gasteiger charge is 2.04. The fourth-order valence-corrected chi connectivity index (χ4v) is 1.75. The minimum absolute atomic E-state index is 0.445. The van der Waals surface area contributed by atoms with Crippen LogP contribution in [-0.2, 0) is 13.0 Å². The van der Waals surface area contributed by atoms with Crippen molar-refractivity contribution in [3.63, 3.8) is 0 Å². The maximum atomic E-state index is 5.73. The highest BCUT2D eigenvalue weighted by atomic mass is 16.5. The van der Waals surface area contributed by atoms with Gasteiger partial charge >= 0.3 is 0 Å². The molecule has 0 spiro atoms. The van der Waals surface area contributed by atoms with E-state index in [4.69, 9.17) is 9.47 Å². The van der Waals surface area contributed by atoms with Crippen molar-refractivity contribution in [2.24, 2.45) is 0 Å². The van der Waals surface area contributed by atoms with E-state index >= 15 is 0 Å². The molecule has 1 aromatic heterocycles. The van der Waals surface area contributed by atoms with Gasteiger partial charge in [-0.25, -0.2) is 4.98 Å². The lowest BCUT2D eigenvalue weighted by atomic mass is 10.2. The SMILES string of the molecule is CCc1nc(NC)cc(OCc2cccc(OC)c2)n1. The summed E-state index contributed by atoms with van der Waals surface area (Å²) in [5, 5.41) is 3.01. The molecule has 0 aliphatic rings. The highest BCUT2D eigenvalue weighted by Crippen LogP contribution is 2.17. The first kappa shape index (κ1) is 14.1. The van der Waals surface area contributed by atoms with Gasteiger partial charge in [-0.05, 0) is 17.7 Å². The molecule has 0 fully saturated rings. The van der Waals surface area contributed by atoms with Crippen LogP contribution in [0.2, 0.25) is 0 Å². The van der Waals surface area contributed by atoms with Crippen LogP contribution >= 0.6 is 0 Å². The Morgan fingerprint density at radius 1 is 1.20 bits per heavy atom. The van der Waals surface area contributed by atoms with Crippen LogP contribution in [0.4, 0.5) is 5.82 Å². The molecule has 0 saturated carbocycles. The van der Waals surface area contributed by atoms with Crippen LogP contribution in [0.3, 0.4) is 0 Å². The van der Waals surface area contributed by atoms with Gasteiger partial charge in [0.25, 0.3) is 0 Å². The first-order valence-corrected chi connectivity index (χ1v) is 6.56. The first-order chi connectivity index (χ1) is 9.75. The molecule has 1 aromatic carbocycles.